The van der Waals surface area contributed by atoms with Crippen molar-refractivity contribution >= 4 is 28.7 Å². The van der Waals surface area contributed by atoms with Crippen molar-refractivity contribution < 1.29 is 0 Å². The number of hydrogen-bond donors (Lipinski definition) is 1. The van der Waals surface area contributed by atoms with Crippen molar-refractivity contribution in [3.8, 4) is 0 Å². The highest BCUT2D eigenvalue weighted by molar-refractivity contribution is 6.29. The number of allylic oxidation sites excluding steroid dienone is 2. The summed E-state index contributed by atoms with van der Waals surface area (Å²) < 4.78 is 4.26. The molecule has 2 aromatic rings. The third kappa shape index (κ3) is 3.56. The van der Waals surface area contributed by atoms with Crippen LogP contribution in [0.25, 0.3) is 11.2 Å². The van der Waals surface area contributed by atoms with Gasteiger partial charge in [0.2, 0.25) is 5.95 Å². The van der Waals surface area contributed by atoms with Crippen LogP contribution in [0, 0.1) is 0 Å². The molecule has 0 radical (unpaired) electrons. The largest absolute Gasteiger partial charge is 0.356 e. The van der Waals surface area contributed by atoms with Crippen molar-refractivity contribution in [3.63, 3.8) is 0 Å². The van der Waals surface area contributed by atoms with Crippen molar-refractivity contribution in [1.82, 2.24) is 18.7 Å². The molecule has 1 N–H and O–H groups in total. The lowest BCUT2D eigenvalue weighted by Crippen LogP contribution is -2.37. The van der Waals surface area contributed by atoms with Gasteiger partial charge in [0.25, 0.3) is 5.56 Å². The smallest absolute Gasteiger partial charge is 0.332 e. The van der Waals surface area contributed by atoms with E-state index in [4.69, 9.17) is 11.6 Å². The maximum Gasteiger partial charge on any atom is 0.332 e. The van der Waals surface area contributed by atoms with E-state index in [1.54, 1.807) is 18.5 Å². The van der Waals surface area contributed by atoms with E-state index in [0.29, 0.717) is 28.7 Å². The van der Waals surface area contributed by atoms with Crippen LogP contribution in [0.5, 0.6) is 0 Å². The zero-order valence-corrected chi connectivity index (χ0v) is 15.4. The summed E-state index contributed by atoms with van der Waals surface area (Å²) >= 11 is 5.94. The molecule has 0 saturated carbocycles. The van der Waals surface area contributed by atoms with Crippen LogP contribution >= 0.6 is 11.6 Å². The number of nitrogens with zero attached hydrogens (tertiary/aromatic N) is 4. The molecule has 0 spiro atoms. The van der Waals surface area contributed by atoms with Gasteiger partial charge in [0.05, 0.1) is 0 Å². The van der Waals surface area contributed by atoms with Gasteiger partial charge in [0.15, 0.2) is 11.2 Å². The van der Waals surface area contributed by atoms with E-state index >= 15 is 0 Å². The quantitative estimate of drug-likeness (QED) is 0.774. The molecule has 2 heterocycles. The molecule has 0 aliphatic heterocycles. The van der Waals surface area contributed by atoms with E-state index in [-0.39, 0.29) is 5.56 Å². The lowest BCUT2D eigenvalue weighted by molar-refractivity contribution is 0.703. The van der Waals surface area contributed by atoms with Gasteiger partial charge in [0, 0.05) is 32.2 Å². The van der Waals surface area contributed by atoms with Gasteiger partial charge in [-0.3, -0.25) is 13.9 Å². The third-order valence-corrected chi connectivity index (χ3v) is 4.12. The molecule has 0 fully saturated rings. The molecule has 7 nitrogen and oxygen atoms in total. The predicted octanol–water partition coefficient (Wildman–Crippen LogP) is 2.18. The molecule has 0 atom stereocenters. The van der Waals surface area contributed by atoms with Gasteiger partial charge in [-0.15, -0.1) is 0 Å². The number of rotatable bonds is 7. The zero-order valence-electron chi connectivity index (χ0n) is 14.6. The lowest BCUT2D eigenvalue weighted by Gasteiger charge is -2.09. The molecular formula is C16H24ClN5O2. The molecular weight excluding hydrogens is 330 g/mol. The van der Waals surface area contributed by atoms with Crippen molar-refractivity contribution in [2.45, 2.75) is 39.7 Å². The molecule has 0 aromatic carbocycles. The third-order valence-electron chi connectivity index (χ3n) is 3.97. The van der Waals surface area contributed by atoms with Gasteiger partial charge in [-0.2, -0.15) is 4.98 Å². The van der Waals surface area contributed by atoms with Crippen LogP contribution in [0.1, 0.15) is 33.1 Å². The summed E-state index contributed by atoms with van der Waals surface area (Å²) in [6.45, 7) is 5.09. The summed E-state index contributed by atoms with van der Waals surface area (Å²) in [4.78, 5) is 29.2. The predicted molar refractivity (Wildman–Crippen MR) is 97.8 cm³/mol. The summed E-state index contributed by atoms with van der Waals surface area (Å²) in [6, 6.07) is 0. The summed E-state index contributed by atoms with van der Waals surface area (Å²) in [5.41, 5.74) is 0.0232. The minimum absolute atomic E-state index is 0.358. The second-order valence-electron chi connectivity index (χ2n) is 5.85. The first-order valence-electron chi connectivity index (χ1n) is 8.10. The first kappa shape index (κ1) is 18.3. The van der Waals surface area contributed by atoms with Crippen LogP contribution < -0.4 is 16.6 Å². The Morgan fingerprint density at radius 2 is 1.96 bits per heavy atom. The fraction of sp³-hybridized carbons (Fsp3) is 0.562. The van der Waals surface area contributed by atoms with E-state index < -0.39 is 5.69 Å². The molecule has 132 valence electrons. The monoisotopic (exact) mass is 353 g/mol. The van der Waals surface area contributed by atoms with E-state index in [0.717, 1.165) is 30.4 Å². The SMILES string of the molecule is CCCCCNc1nc2c(c(=O)n(C)c(=O)n2C)n1C/C=C(\C)Cl. The normalized spacial score (nSPS) is 12.1. The zero-order chi connectivity index (χ0) is 17.9. The Morgan fingerprint density at radius 3 is 2.58 bits per heavy atom. The van der Waals surface area contributed by atoms with Gasteiger partial charge < -0.3 is 9.88 Å². The van der Waals surface area contributed by atoms with Gasteiger partial charge in [-0.05, 0) is 13.3 Å². The Morgan fingerprint density at radius 1 is 1.25 bits per heavy atom. The molecule has 0 aliphatic rings. The first-order chi connectivity index (χ1) is 11.4. The number of unbranched alkanes of at least 4 members (excludes halogenated alkanes) is 2. The van der Waals surface area contributed by atoms with Gasteiger partial charge in [0.1, 0.15) is 0 Å². The summed E-state index contributed by atoms with van der Waals surface area (Å²) in [5, 5.41) is 3.91. The molecule has 0 saturated heterocycles. The number of anilines is 1. The molecule has 0 bridgehead atoms. The lowest BCUT2D eigenvalue weighted by atomic mass is 10.2. The van der Waals surface area contributed by atoms with Crippen LogP contribution in [0.15, 0.2) is 20.7 Å². The average molecular weight is 354 g/mol. The molecule has 0 amide bonds. The topological polar surface area (TPSA) is 73.8 Å². The number of aryl methyl sites for hydroxylation is 1. The van der Waals surface area contributed by atoms with Gasteiger partial charge in [-0.1, -0.05) is 37.4 Å². The van der Waals surface area contributed by atoms with E-state index in [9.17, 15) is 9.59 Å². The minimum atomic E-state index is -0.390. The molecule has 2 rings (SSSR count). The van der Waals surface area contributed by atoms with Crippen LogP contribution in [-0.4, -0.2) is 25.2 Å². The van der Waals surface area contributed by atoms with E-state index in [1.807, 2.05) is 6.08 Å². The maximum atomic E-state index is 12.6. The Balaban J connectivity index is 2.59. The second kappa shape index (κ2) is 7.70. The van der Waals surface area contributed by atoms with Crippen LogP contribution in [0.3, 0.4) is 0 Å². The summed E-state index contributed by atoms with van der Waals surface area (Å²) in [7, 11) is 3.09. The highest BCUT2D eigenvalue weighted by Gasteiger charge is 2.18. The highest BCUT2D eigenvalue weighted by Crippen LogP contribution is 2.16. The number of nitrogens with one attached hydrogen (secondary N) is 1. The molecule has 24 heavy (non-hydrogen) atoms. The molecule has 0 unspecified atom stereocenters. The van der Waals surface area contributed by atoms with Crippen LogP contribution in [0.2, 0.25) is 0 Å². The average Bonchev–Trinajstić information content (AvgIpc) is 2.91. The number of fused-ring (bicyclic) bond motifs is 1. The Hall–Kier alpha value is -2.02. The first-order valence-corrected chi connectivity index (χ1v) is 8.48. The molecule has 2 aromatic heterocycles. The van der Waals surface area contributed by atoms with Crippen molar-refractivity contribution in [2.75, 3.05) is 11.9 Å². The van der Waals surface area contributed by atoms with Crippen LogP contribution in [-0.2, 0) is 20.6 Å². The maximum absolute atomic E-state index is 12.6. The number of imidazole rings is 1. The van der Waals surface area contributed by atoms with E-state index in [2.05, 4.69) is 17.2 Å². The summed E-state index contributed by atoms with van der Waals surface area (Å²) in [6.07, 6.45) is 5.07. The highest BCUT2D eigenvalue weighted by atomic mass is 35.5. The van der Waals surface area contributed by atoms with Crippen molar-refractivity contribution in [1.29, 1.82) is 0 Å². The van der Waals surface area contributed by atoms with Crippen molar-refractivity contribution in [2.24, 2.45) is 14.1 Å². The fourth-order valence-electron chi connectivity index (χ4n) is 2.55. The van der Waals surface area contributed by atoms with Gasteiger partial charge >= 0.3 is 5.69 Å². The second-order valence-corrected chi connectivity index (χ2v) is 6.44. The molecule has 8 heteroatoms. The van der Waals surface area contributed by atoms with Crippen molar-refractivity contribution in [3.05, 3.63) is 31.9 Å². The standard InChI is InChI=1S/C16H24ClN5O2/c1-5-6-7-9-18-15-19-13-12(22(15)10-8-11(2)17)14(23)21(4)16(24)20(13)3/h8H,5-7,9-10H2,1-4H3,(H,18,19)/b11-8+. The fourth-order valence-corrected chi connectivity index (χ4v) is 2.62. The number of hydrogen-bond acceptors (Lipinski definition) is 4. The van der Waals surface area contributed by atoms with Gasteiger partial charge in [-0.25, -0.2) is 4.79 Å². The number of halogens is 1. The van der Waals surface area contributed by atoms with E-state index in [1.165, 1.54) is 11.6 Å². The minimum Gasteiger partial charge on any atom is -0.356 e. The Bertz CT molecular complexity index is 871. The number of aromatic nitrogens is 4. The molecule has 0 aliphatic carbocycles. The Kier molecular flexibility index (Phi) is 5.88. The Labute approximate surface area is 145 Å². The summed E-state index contributed by atoms with van der Waals surface area (Å²) in [5.74, 6) is 0.577. The van der Waals surface area contributed by atoms with Crippen LogP contribution in [0.4, 0.5) is 5.95 Å².